The van der Waals surface area contributed by atoms with Gasteiger partial charge in [0, 0.05) is 17.3 Å². The Kier molecular flexibility index (Phi) is 7.24. The number of nitrogens with one attached hydrogen (secondary N) is 3. The summed E-state index contributed by atoms with van der Waals surface area (Å²) >= 11 is 12.3. The number of carbonyl (C=O) groups excluding carboxylic acids is 1. The molecular weight excluding hydrogens is 349 g/mol. The summed E-state index contributed by atoms with van der Waals surface area (Å²) in [4.78, 5) is 11.8. The average Bonchev–Trinajstić information content (AvgIpc) is 2.40. The molecule has 0 unspecified atom stereocenters. The van der Waals surface area contributed by atoms with Crippen LogP contribution in [0.25, 0.3) is 0 Å². The number of alkyl carbamates (subject to hydrolysis) is 1. The summed E-state index contributed by atoms with van der Waals surface area (Å²) in [6.07, 6.45) is -0.506. The van der Waals surface area contributed by atoms with Crippen LogP contribution < -0.4 is 16.0 Å². The van der Waals surface area contributed by atoms with E-state index < -0.39 is 11.7 Å². The summed E-state index contributed by atoms with van der Waals surface area (Å²) in [7, 11) is 0. The molecule has 0 saturated carbocycles. The van der Waals surface area contributed by atoms with E-state index in [1.54, 1.807) is 39.8 Å². The smallest absolute Gasteiger partial charge is 0.408 e. The van der Waals surface area contributed by atoms with Crippen LogP contribution in [0.3, 0.4) is 0 Å². The quantitative estimate of drug-likeness (QED) is 0.635. The predicted octanol–water partition coefficient (Wildman–Crippen LogP) is 5.26. The number of halogens is 2. The molecule has 0 aliphatic carbocycles. The number of ether oxygens (including phenoxy) is 1. The third-order valence-corrected chi connectivity index (χ3v) is 3.48. The van der Waals surface area contributed by atoms with Crippen LogP contribution in [-0.4, -0.2) is 24.3 Å². The largest absolute Gasteiger partial charge is 0.444 e. The molecule has 0 bridgehead atoms. The number of carbonyl (C=O) groups is 1. The van der Waals surface area contributed by atoms with Gasteiger partial charge in [-0.15, -0.1) is 0 Å². The first-order valence-electron chi connectivity index (χ1n) is 7.71. The summed E-state index contributed by atoms with van der Waals surface area (Å²) in [5.74, 6) is 0. The number of amides is 1. The molecule has 0 saturated heterocycles. The van der Waals surface area contributed by atoms with E-state index in [4.69, 9.17) is 27.9 Å². The third kappa shape index (κ3) is 6.49. The second-order valence-electron chi connectivity index (χ2n) is 6.36. The van der Waals surface area contributed by atoms with Crippen molar-refractivity contribution in [3.05, 3.63) is 34.5 Å². The first-order valence-corrected chi connectivity index (χ1v) is 8.47. The maximum absolute atomic E-state index is 11.8. The van der Waals surface area contributed by atoms with Crippen LogP contribution in [-0.2, 0) is 4.74 Å². The van der Waals surface area contributed by atoms with Crippen molar-refractivity contribution in [2.24, 2.45) is 0 Å². The SMILES string of the molecule is C=C(Nc1cc(Cl)cc(Cl)c1NCC)[C@@H](C)NC(=O)OC(C)(C)C. The van der Waals surface area contributed by atoms with E-state index in [1.807, 2.05) is 6.92 Å². The Morgan fingerprint density at radius 1 is 1.33 bits per heavy atom. The summed E-state index contributed by atoms with van der Waals surface area (Å²) in [6, 6.07) is 3.06. The Morgan fingerprint density at radius 2 is 1.96 bits per heavy atom. The van der Waals surface area contributed by atoms with Crippen molar-refractivity contribution in [1.82, 2.24) is 5.32 Å². The maximum atomic E-state index is 11.8. The third-order valence-electron chi connectivity index (χ3n) is 2.96. The van der Waals surface area contributed by atoms with Crippen molar-refractivity contribution in [3.63, 3.8) is 0 Å². The fourth-order valence-electron chi connectivity index (χ4n) is 1.88. The molecule has 0 fully saturated rings. The summed E-state index contributed by atoms with van der Waals surface area (Å²) < 4.78 is 5.24. The van der Waals surface area contributed by atoms with E-state index in [0.29, 0.717) is 28.0 Å². The molecule has 1 amide bonds. The van der Waals surface area contributed by atoms with E-state index in [1.165, 1.54) is 0 Å². The molecular formula is C17H25Cl2N3O2. The normalized spacial score (nSPS) is 12.3. The highest BCUT2D eigenvalue weighted by Gasteiger charge is 2.19. The fraction of sp³-hybridized carbons (Fsp3) is 0.471. The van der Waals surface area contributed by atoms with Gasteiger partial charge in [-0.05, 0) is 46.8 Å². The summed E-state index contributed by atoms with van der Waals surface area (Å²) in [5, 5.41) is 10.1. The van der Waals surface area contributed by atoms with Crippen molar-refractivity contribution >= 4 is 40.7 Å². The lowest BCUT2D eigenvalue weighted by molar-refractivity contribution is 0.0516. The second-order valence-corrected chi connectivity index (χ2v) is 7.20. The molecule has 3 N–H and O–H groups in total. The van der Waals surface area contributed by atoms with E-state index in [2.05, 4.69) is 22.5 Å². The van der Waals surface area contributed by atoms with Gasteiger partial charge < -0.3 is 20.7 Å². The number of hydrogen-bond donors (Lipinski definition) is 3. The highest BCUT2D eigenvalue weighted by Crippen LogP contribution is 2.34. The Hall–Kier alpha value is -1.59. The molecule has 24 heavy (non-hydrogen) atoms. The van der Waals surface area contributed by atoms with E-state index in [0.717, 1.165) is 5.69 Å². The van der Waals surface area contributed by atoms with Crippen LogP contribution in [0.1, 0.15) is 34.6 Å². The zero-order valence-corrected chi connectivity index (χ0v) is 16.2. The van der Waals surface area contributed by atoms with Crippen LogP contribution in [0, 0.1) is 0 Å². The van der Waals surface area contributed by atoms with Gasteiger partial charge in [0.05, 0.1) is 22.4 Å². The summed E-state index contributed by atoms with van der Waals surface area (Å²) in [6.45, 7) is 13.9. The number of rotatable bonds is 6. The van der Waals surface area contributed by atoms with Gasteiger partial charge in [-0.25, -0.2) is 4.79 Å². The Morgan fingerprint density at radius 3 is 2.50 bits per heavy atom. The topological polar surface area (TPSA) is 62.4 Å². The van der Waals surface area contributed by atoms with Gasteiger partial charge in [-0.1, -0.05) is 29.8 Å². The van der Waals surface area contributed by atoms with Gasteiger partial charge in [0.2, 0.25) is 0 Å². The van der Waals surface area contributed by atoms with Crippen molar-refractivity contribution in [1.29, 1.82) is 0 Å². The predicted molar refractivity (Wildman–Crippen MR) is 102 cm³/mol. The van der Waals surface area contributed by atoms with Crippen molar-refractivity contribution in [3.8, 4) is 0 Å². The monoisotopic (exact) mass is 373 g/mol. The molecule has 1 atom stereocenters. The van der Waals surface area contributed by atoms with Gasteiger partial charge in [0.15, 0.2) is 0 Å². The molecule has 0 radical (unpaired) electrons. The molecule has 0 spiro atoms. The Labute approximate surface area is 153 Å². The van der Waals surface area contributed by atoms with Crippen LogP contribution in [0.2, 0.25) is 10.0 Å². The number of anilines is 2. The van der Waals surface area contributed by atoms with Crippen LogP contribution in [0.5, 0.6) is 0 Å². The molecule has 1 rings (SSSR count). The number of hydrogen-bond acceptors (Lipinski definition) is 4. The van der Waals surface area contributed by atoms with Crippen molar-refractivity contribution < 1.29 is 9.53 Å². The molecule has 0 aromatic heterocycles. The fourth-order valence-corrected chi connectivity index (χ4v) is 2.44. The first-order chi connectivity index (χ1) is 11.0. The highest BCUT2D eigenvalue weighted by molar-refractivity contribution is 6.37. The standard InChI is InChI=1S/C17H25Cl2N3O2/c1-7-20-15-13(19)8-12(18)9-14(15)21-10(2)11(3)22-16(23)24-17(4,5)6/h8-9,11,20-21H,2,7H2,1,3-6H3,(H,22,23)/t11-/m1/s1. The summed E-state index contributed by atoms with van der Waals surface area (Å²) in [5.41, 5.74) is 1.45. The molecule has 1 aromatic carbocycles. The molecule has 5 nitrogen and oxygen atoms in total. The van der Waals surface area contributed by atoms with Gasteiger partial charge in [-0.3, -0.25) is 0 Å². The molecule has 0 heterocycles. The van der Waals surface area contributed by atoms with Crippen LogP contribution >= 0.6 is 23.2 Å². The molecule has 0 aliphatic rings. The van der Waals surface area contributed by atoms with E-state index in [9.17, 15) is 4.79 Å². The van der Waals surface area contributed by atoms with Gasteiger partial charge in [0.1, 0.15) is 5.60 Å². The van der Waals surface area contributed by atoms with Crippen molar-refractivity contribution in [2.75, 3.05) is 17.2 Å². The average molecular weight is 374 g/mol. The zero-order chi connectivity index (χ0) is 18.5. The minimum absolute atomic E-state index is 0.355. The highest BCUT2D eigenvalue weighted by atomic mass is 35.5. The number of benzene rings is 1. The molecule has 0 aliphatic heterocycles. The molecule has 7 heteroatoms. The van der Waals surface area contributed by atoms with Crippen molar-refractivity contribution in [2.45, 2.75) is 46.3 Å². The van der Waals surface area contributed by atoms with Gasteiger partial charge in [0.25, 0.3) is 0 Å². The molecule has 1 aromatic rings. The Balaban J connectivity index is 2.82. The van der Waals surface area contributed by atoms with E-state index >= 15 is 0 Å². The van der Waals surface area contributed by atoms with Crippen LogP contribution in [0.15, 0.2) is 24.4 Å². The Bertz CT molecular complexity index is 613. The zero-order valence-electron chi connectivity index (χ0n) is 14.7. The lowest BCUT2D eigenvalue weighted by Crippen LogP contribution is -2.39. The lowest BCUT2D eigenvalue weighted by Gasteiger charge is -2.24. The van der Waals surface area contributed by atoms with Gasteiger partial charge in [-0.2, -0.15) is 0 Å². The van der Waals surface area contributed by atoms with Gasteiger partial charge >= 0.3 is 6.09 Å². The first kappa shape index (κ1) is 20.5. The minimum Gasteiger partial charge on any atom is -0.444 e. The van der Waals surface area contributed by atoms with Crippen LogP contribution in [0.4, 0.5) is 16.2 Å². The maximum Gasteiger partial charge on any atom is 0.408 e. The van der Waals surface area contributed by atoms with E-state index in [-0.39, 0.29) is 6.04 Å². The lowest BCUT2D eigenvalue weighted by atomic mass is 10.2. The second kappa shape index (κ2) is 8.49. The molecule has 134 valence electrons. The minimum atomic E-state index is -0.558.